The molecule has 0 radical (unpaired) electrons. The van der Waals surface area contributed by atoms with Gasteiger partial charge in [-0.05, 0) is 70.6 Å². The molecule has 260 valence electrons. The number of carboxylic acids is 1. The van der Waals surface area contributed by atoms with E-state index < -0.39 is 24.5 Å². The lowest BCUT2D eigenvalue weighted by atomic mass is 10.0. The summed E-state index contributed by atoms with van der Waals surface area (Å²) in [5.74, 6) is -2.41. The number of unbranched alkanes of at least 4 members (excludes halogenated alkanes) is 13. The van der Waals surface area contributed by atoms with Gasteiger partial charge in [0.1, 0.15) is 12.1 Å². The summed E-state index contributed by atoms with van der Waals surface area (Å²) < 4.78 is 5.83. The first-order valence-corrected chi connectivity index (χ1v) is 17.7. The van der Waals surface area contributed by atoms with E-state index >= 15 is 0 Å². The van der Waals surface area contributed by atoms with Crippen molar-refractivity contribution in [3.63, 3.8) is 0 Å². The monoisotopic (exact) mass is 636 g/mol. The summed E-state index contributed by atoms with van der Waals surface area (Å²) in [5.41, 5.74) is 0. The normalized spacial score (nSPS) is 12.8. The fourth-order valence-electron chi connectivity index (χ4n) is 4.92. The van der Waals surface area contributed by atoms with Crippen LogP contribution in [0.25, 0.3) is 0 Å². The Balaban J connectivity index is 4.01. The van der Waals surface area contributed by atoms with Crippen molar-refractivity contribution in [1.82, 2.24) is 10.6 Å². The Hall–Kier alpha value is -2.68. The number of carbonyl (C=O) groups is 4. The number of aliphatic hydroxyl groups is 1. The van der Waals surface area contributed by atoms with E-state index in [-0.39, 0.29) is 30.9 Å². The molecule has 9 heteroatoms. The topological polar surface area (TPSA) is 142 Å². The summed E-state index contributed by atoms with van der Waals surface area (Å²) in [6.07, 6.45) is 31.0. The van der Waals surface area contributed by atoms with Crippen molar-refractivity contribution in [3.8, 4) is 0 Å². The molecular weight excluding hydrogens is 572 g/mol. The first kappa shape index (κ1) is 42.3. The Kier molecular flexibility index (Phi) is 29.4. The third kappa shape index (κ3) is 28.5. The SMILES string of the molecule is CCCCCC/C=C\C/C=C\CCCCCCCC(=O)OC(CCCCC)CCCCCC(=O)NCC(=O)NC(CO)C(=O)O. The number of aliphatic carboxylic acids is 1. The summed E-state index contributed by atoms with van der Waals surface area (Å²) in [6, 6.07) is -1.39. The van der Waals surface area contributed by atoms with E-state index in [9.17, 15) is 19.2 Å². The van der Waals surface area contributed by atoms with Crippen molar-refractivity contribution in [2.24, 2.45) is 0 Å². The number of amides is 2. The Morgan fingerprint density at radius 2 is 1.20 bits per heavy atom. The van der Waals surface area contributed by atoms with E-state index in [0.29, 0.717) is 12.8 Å². The van der Waals surface area contributed by atoms with E-state index in [1.807, 2.05) is 0 Å². The smallest absolute Gasteiger partial charge is 0.328 e. The lowest BCUT2D eigenvalue weighted by Crippen LogP contribution is -2.47. The number of hydrogen-bond acceptors (Lipinski definition) is 6. The van der Waals surface area contributed by atoms with Crippen molar-refractivity contribution in [1.29, 1.82) is 0 Å². The molecule has 0 aromatic rings. The van der Waals surface area contributed by atoms with Gasteiger partial charge in [0.25, 0.3) is 0 Å². The van der Waals surface area contributed by atoms with Crippen LogP contribution < -0.4 is 10.6 Å². The highest BCUT2D eigenvalue weighted by atomic mass is 16.5. The van der Waals surface area contributed by atoms with Gasteiger partial charge in [0.05, 0.1) is 13.2 Å². The molecule has 2 atom stereocenters. The van der Waals surface area contributed by atoms with Crippen LogP contribution in [0.1, 0.15) is 155 Å². The maximum absolute atomic E-state index is 12.5. The largest absolute Gasteiger partial charge is 0.480 e. The van der Waals surface area contributed by atoms with Crippen LogP contribution in [0, 0.1) is 0 Å². The van der Waals surface area contributed by atoms with Crippen LogP contribution in [0.4, 0.5) is 0 Å². The van der Waals surface area contributed by atoms with Gasteiger partial charge in [0.2, 0.25) is 11.8 Å². The number of hydrogen-bond donors (Lipinski definition) is 4. The van der Waals surface area contributed by atoms with Crippen molar-refractivity contribution < 1.29 is 34.1 Å². The number of esters is 1. The molecule has 4 N–H and O–H groups in total. The second-order valence-electron chi connectivity index (χ2n) is 12.0. The van der Waals surface area contributed by atoms with Gasteiger partial charge in [-0.3, -0.25) is 14.4 Å². The van der Waals surface area contributed by atoms with Gasteiger partial charge in [0.15, 0.2) is 0 Å². The molecule has 0 aliphatic carbocycles. The van der Waals surface area contributed by atoms with E-state index in [4.69, 9.17) is 14.9 Å². The van der Waals surface area contributed by atoms with Gasteiger partial charge in [-0.15, -0.1) is 0 Å². The highest BCUT2D eigenvalue weighted by molar-refractivity contribution is 5.87. The molecule has 2 amide bonds. The molecule has 0 spiro atoms. The van der Waals surface area contributed by atoms with Gasteiger partial charge < -0.3 is 25.6 Å². The number of nitrogens with one attached hydrogen (secondary N) is 2. The summed E-state index contributed by atoms with van der Waals surface area (Å²) in [4.78, 5) is 47.1. The van der Waals surface area contributed by atoms with Crippen LogP contribution in [0.3, 0.4) is 0 Å². The zero-order valence-electron chi connectivity index (χ0n) is 28.4. The Morgan fingerprint density at radius 3 is 1.82 bits per heavy atom. The highest BCUT2D eigenvalue weighted by Crippen LogP contribution is 2.17. The lowest BCUT2D eigenvalue weighted by molar-refractivity contribution is -0.150. The van der Waals surface area contributed by atoms with Crippen molar-refractivity contribution in [3.05, 3.63) is 24.3 Å². The summed E-state index contributed by atoms with van der Waals surface area (Å²) in [7, 11) is 0. The van der Waals surface area contributed by atoms with Crippen molar-refractivity contribution >= 4 is 23.8 Å². The summed E-state index contributed by atoms with van der Waals surface area (Å²) >= 11 is 0. The fraction of sp³-hybridized carbons (Fsp3) is 0.778. The first-order chi connectivity index (χ1) is 21.8. The van der Waals surface area contributed by atoms with E-state index in [1.54, 1.807) is 0 Å². The van der Waals surface area contributed by atoms with Crippen LogP contribution in [0.15, 0.2) is 24.3 Å². The van der Waals surface area contributed by atoms with E-state index in [0.717, 1.165) is 77.0 Å². The molecule has 0 bridgehead atoms. The minimum absolute atomic E-state index is 0.0852. The molecule has 9 nitrogen and oxygen atoms in total. The molecule has 0 aromatic heterocycles. The second-order valence-corrected chi connectivity index (χ2v) is 12.0. The molecular formula is C36H64N2O7. The van der Waals surface area contributed by atoms with Crippen molar-refractivity contribution in [2.75, 3.05) is 13.2 Å². The Bertz CT molecular complexity index is 828. The standard InChI is InChI=1S/C36H64N2O7/c1-3-5-7-8-9-10-11-12-13-14-15-16-17-18-19-24-28-35(42)45-31(25-21-6-4-2)26-22-20-23-27-33(40)37-29-34(41)38-32(30-39)36(43)44/h10-11,13-14,31-32,39H,3-9,12,15-30H2,1-2H3,(H,37,40)(H,38,41)(H,43,44)/b11-10-,14-13-. The minimum Gasteiger partial charge on any atom is -0.480 e. The second kappa shape index (κ2) is 31.3. The summed E-state index contributed by atoms with van der Waals surface area (Å²) in [5, 5.41) is 22.4. The molecule has 45 heavy (non-hydrogen) atoms. The number of ether oxygens (including phenoxy) is 1. The molecule has 0 fully saturated rings. The van der Waals surface area contributed by atoms with Crippen LogP contribution in [-0.4, -0.2) is 59.3 Å². The molecule has 2 unspecified atom stereocenters. The molecule has 0 aromatic carbocycles. The van der Waals surface area contributed by atoms with Crippen LogP contribution in [0.2, 0.25) is 0 Å². The predicted octanol–water partition coefficient (Wildman–Crippen LogP) is 7.31. The third-order valence-electron chi connectivity index (χ3n) is 7.70. The van der Waals surface area contributed by atoms with E-state index in [2.05, 4.69) is 48.8 Å². The molecule has 0 rings (SSSR count). The zero-order chi connectivity index (χ0) is 33.4. The van der Waals surface area contributed by atoms with Crippen LogP contribution >= 0.6 is 0 Å². The zero-order valence-corrected chi connectivity index (χ0v) is 28.4. The maximum Gasteiger partial charge on any atom is 0.328 e. The highest BCUT2D eigenvalue weighted by Gasteiger charge is 2.19. The van der Waals surface area contributed by atoms with Gasteiger partial charge in [-0.25, -0.2) is 4.79 Å². The van der Waals surface area contributed by atoms with Gasteiger partial charge in [-0.1, -0.05) is 95.9 Å². The van der Waals surface area contributed by atoms with Crippen LogP contribution in [-0.2, 0) is 23.9 Å². The Labute approximate surface area is 273 Å². The Morgan fingerprint density at radius 1 is 0.667 bits per heavy atom. The molecule has 0 heterocycles. The van der Waals surface area contributed by atoms with Gasteiger partial charge >= 0.3 is 11.9 Å². The number of carboxylic acid groups (broad SMARTS) is 1. The number of aliphatic hydroxyl groups excluding tert-OH is 1. The quantitative estimate of drug-likeness (QED) is 0.0355. The van der Waals surface area contributed by atoms with Gasteiger partial charge in [-0.2, -0.15) is 0 Å². The van der Waals surface area contributed by atoms with Gasteiger partial charge in [0, 0.05) is 12.8 Å². The average molecular weight is 637 g/mol. The van der Waals surface area contributed by atoms with Crippen molar-refractivity contribution in [2.45, 2.75) is 167 Å². The number of rotatable bonds is 31. The lowest BCUT2D eigenvalue weighted by Gasteiger charge is -2.18. The predicted molar refractivity (Wildman–Crippen MR) is 181 cm³/mol. The molecule has 0 aliphatic rings. The minimum atomic E-state index is -1.39. The number of allylic oxidation sites excluding steroid dienone is 4. The summed E-state index contributed by atoms with van der Waals surface area (Å²) in [6.45, 7) is 3.33. The first-order valence-electron chi connectivity index (χ1n) is 17.7. The average Bonchev–Trinajstić information content (AvgIpc) is 3.02. The molecule has 0 aliphatic heterocycles. The molecule has 0 saturated heterocycles. The molecule has 0 saturated carbocycles. The fourth-order valence-corrected chi connectivity index (χ4v) is 4.92. The maximum atomic E-state index is 12.5. The van der Waals surface area contributed by atoms with E-state index in [1.165, 1.54) is 44.9 Å². The third-order valence-corrected chi connectivity index (χ3v) is 7.70. The van der Waals surface area contributed by atoms with Crippen LogP contribution in [0.5, 0.6) is 0 Å². The number of carbonyl (C=O) groups excluding carboxylic acids is 3.